The highest BCUT2D eigenvalue weighted by atomic mass is 16.4. The summed E-state index contributed by atoms with van der Waals surface area (Å²) in [6.45, 7) is 13.5. The van der Waals surface area contributed by atoms with E-state index in [4.69, 9.17) is 10.8 Å². The third-order valence-electron chi connectivity index (χ3n) is 8.07. The number of aliphatic hydroxyl groups excluding tert-OH is 1. The maximum atomic E-state index is 13.7. The van der Waals surface area contributed by atoms with Gasteiger partial charge in [0.15, 0.2) is 0 Å². The van der Waals surface area contributed by atoms with Crippen LogP contribution in [0.25, 0.3) is 0 Å². The molecular formula is C32H58N6O10. The Kier molecular flexibility index (Phi) is 20.2. The molecule has 8 atom stereocenters. The highest BCUT2D eigenvalue weighted by Gasteiger charge is 2.35. The molecule has 0 saturated carbocycles. The minimum Gasteiger partial charge on any atom is -0.481 e. The standard InChI is InChI=1S/C32H58N6O10/c1-9-18(7)25(37-27(42)20(33)11-12-24(40)41)30(45)35-21(13-16(3)4)28(43)34-22(14-17(5)6)29(44)38-26(19(8)10-2)31(46)36-23(15-39)32(47)48/h16-23,25-26,39H,9-15,33H2,1-8H3,(H,34,43)(H,35,45)(H,36,46)(H,37,42)(H,38,44)(H,40,41)(H,47,48)/t18-,19-,20-,21-,22-,23-,25-,26-/m0/s1. The maximum absolute atomic E-state index is 13.7. The molecule has 0 heterocycles. The van der Waals surface area contributed by atoms with Crippen molar-refractivity contribution in [1.82, 2.24) is 26.6 Å². The van der Waals surface area contributed by atoms with Gasteiger partial charge in [-0.1, -0.05) is 68.2 Å². The number of nitrogens with two attached hydrogens (primary N) is 1. The lowest BCUT2D eigenvalue weighted by molar-refractivity contribution is -0.143. The Labute approximate surface area is 283 Å². The van der Waals surface area contributed by atoms with Crippen molar-refractivity contribution >= 4 is 41.5 Å². The van der Waals surface area contributed by atoms with E-state index in [1.165, 1.54) is 0 Å². The molecule has 0 aromatic carbocycles. The van der Waals surface area contributed by atoms with Gasteiger partial charge in [-0.05, 0) is 42.9 Å². The van der Waals surface area contributed by atoms with E-state index in [1.807, 2.05) is 34.6 Å². The van der Waals surface area contributed by atoms with E-state index >= 15 is 0 Å². The first-order chi connectivity index (χ1) is 22.3. The first-order valence-corrected chi connectivity index (χ1v) is 16.6. The molecule has 0 bridgehead atoms. The number of amides is 5. The number of hydrogen-bond donors (Lipinski definition) is 9. The minimum atomic E-state index is -1.57. The van der Waals surface area contributed by atoms with Crippen LogP contribution in [0.15, 0.2) is 0 Å². The SMILES string of the molecule is CC[C@H](C)[C@H](NC(=O)[C@H](CC(C)C)NC(=O)[C@H](CC(C)C)NC(=O)[C@@H](NC(=O)[C@@H](N)CCC(=O)O)[C@@H](C)CC)C(=O)N[C@@H](CO)C(=O)O. The number of carbonyl (C=O) groups is 7. The summed E-state index contributed by atoms with van der Waals surface area (Å²) in [4.78, 5) is 88.8. The van der Waals surface area contributed by atoms with Gasteiger partial charge in [0.05, 0.1) is 12.6 Å². The smallest absolute Gasteiger partial charge is 0.328 e. The van der Waals surface area contributed by atoms with Crippen molar-refractivity contribution in [3.63, 3.8) is 0 Å². The van der Waals surface area contributed by atoms with Crippen LogP contribution in [0.5, 0.6) is 0 Å². The third kappa shape index (κ3) is 15.9. The van der Waals surface area contributed by atoms with E-state index in [2.05, 4.69) is 26.6 Å². The van der Waals surface area contributed by atoms with E-state index in [1.54, 1.807) is 20.8 Å². The number of carbonyl (C=O) groups excluding carboxylic acids is 5. The Hall–Kier alpha value is -3.79. The van der Waals surface area contributed by atoms with Gasteiger partial charge in [-0.15, -0.1) is 0 Å². The van der Waals surface area contributed by atoms with Crippen molar-refractivity contribution in [3.8, 4) is 0 Å². The van der Waals surface area contributed by atoms with Gasteiger partial charge < -0.3 is 47.6 Å². The van der Waals surface area contributed by atoms with Crippen LogP contribution >= 0.6 is 0 Å². The van der Waals surface area contributed by atoms with E-state index in [9.17, 15) is 43.8 Å². The number of aliphatic carboxylic acids is 2. The zero-order valence-electron chi connectivity index (χ0n) is 29.5. The molecule has 0 fully saturated rings. The molecule has 5 amide bonds. The van der Waals surface area contributed by atoms with Crippen molar-refractivity contribution in [1.29, 1.82) is 0 Å². The molecular weight excluding hydrogens is 628 g/mol. The van der Waals surface area contributed by atoms with Gasteiger partial charge in [-0.3, -0.25) is 28.8 Å². The molecule has 0 unspecified atom stereocenters. The van der Waals surface area contributed by atoms with E-state index in [0.717, 1.165) is 0 Å². The Morgan fingerprint density at radius 1 is 0.583 bits per heavy atom. The average molecular weight is 687 g/mol. The Balaban J connectivity index is 6.13. The third-order valence-corrected chi connectivity index (χ3v) is 8.07. The second-order valence-corrected chi connectivity index (χ2v) is 13.2. The summed E-state index contributed by atoms with van der Waals surface area (Å²) in [5.41, 5.74) is 5.85. The fraction of sp³-hybridized carbons (Fsp3) is 0.781. The molecule has 0 aliphatic rings. The number of aliphatic hydroxyl groups is 1. The normalized spacial score (nSPS) is 16.3. The summed E-state index contributed by atoms with van der Waals surface area (Å²) in [6, 6.07) is -7.23. The zero-order valence-corrected chi connectivity index (χ0v) is 29.5. The molecule has 0 aliphatic carbocycles. The van der Waals surface area contributed by atoms with Gasteiger partial charge in [0.25, 0.3) is 0 Å². The van der Waals surface area contributed by atoms with Gasteiger partial charge >= 0.3 is 11.9 Å². The van der Waals surface area contributed by atoms with Crippen molar-refractivity contribution in [2.75, 3.05) is 6.61 Å². The highest BCUT2D eigenvalue weighted by Crippen LogP contribution is 2.14. The molecule has 0 rings (SSSR count). The largest absolute Gasteiger partial charge is 0.481 e. The summed E-state index contributed by atoms with van der Waals surface area (Å²) in [7, 11) is 0. The van der Waals surface area contributed by atoms with Crippen LogP contribution in [0.1, 0.15) is 93.9 Å². The molecule has 48 heavy (non-hydrogen) atoms. The molecule has 0 aromatic rings. The number of carboxylic acid groups (broad SMARTS) is 2. The predicted octanol–water partition coefficient (Wildman–Crippen LogP) is -0.136. The fourth-order valence-electron chi connectivity index (χ4n) is 4.71. The Morgan fingerprint density at radius 3 is 1.31 bits per heavy atom. The van der Waals surface area contributed by atoms with Gasteiger partial charge in [0, 0.05) is 6.42 Å². The topological polar surface area (TPSA) is 266 Å². The second-order valence-electron chi connectivity index (χ2n) is 13.2. The molecule has 0 saturated heterocycles. The predicted molar refractivity (Wildman–Crippen MR) is 177 cm³/mol. The van der Waals surface area contributed by atoms with Crippen molar-refractivity contribution in [3.05, 3.63) is 0 Å². The van der Waals surface area contributed by atoms with Gasteiger partial charge in [0.1, 0.15) is 30.2 Å². The van der Waals surface area contributed by atoms with E-state index in [-0.39, 0.29) is 43.4 Å². The zero-order chi connectivity index (χ0) is 37.3. The quantitative estimate of drug-likeness (QED) is 0.0683. The molecule has 0 spiro atoms. The Morgan fingerprint density at radius 2 is 0.958 bits per heavy atom. The lowest BCUT2D eigenvalue weighted by Crippen LogP contribution is -2.61. The lowest BCUT2D eigenvalue weighted by atomic mass is 9.95. The van der Waals surface area contributed by atoms with Crippen molar-refractivity contribution in [2.24, 2.45) is 29.4 Å². The number of nitrogens with one attached hydrogen (secondary N) is 5. The van der Waals surface area contributed by atoms with Crippen molar-refractivity contribution < 1.29 is 48.9 Å². The number of carboxylic acids is 2. The van der Waals surface area contributed by atoms with Crippen molar-refractivity contribution in [2.45, 2.75) is 130 Å². The molecule has 0 aliphatic heterocycles. The minimum absolute atomic E-state index is 0.0771. The van der Waals surface area contributed by atoms with Crippen LogP contribution in [0.4, 0.5) is 0 Å². The Bertz CT molecular complexity index is 1100. The number of rotatable bonds is 23. The molecule has 276 valence electrons. The fourth-order valence-corrected chi connectivity index (χ4v) is 4.71. The molecule has 16 heteroatoms. The summed E-state index contributed by atoms with van der Waals surface area (Å²) < 4.78 is 0. The van der Waals surface area contributed by atoms with Crippen LogP contribution in [0.3, 0.4) is 0 Å². The first-order valence-electron chi connectivity index (χ1n) is 16.6. The van der Waals surface area contributed by atoms with E-state index < -0.39 is 90.3 Å². The first kappa shape index (κ1) is 44.2. The molecule has 0 radical (unpaired) electrons. The van der Waals surface area contributed by atoms with Crippen LogP contribution in [-0.4, -0.2) is 99.7 Å². The van der Waals surface area contributed by atoms with Crippen LogP contribution in [0, 0.1) is 23.7 Å². The molecule has 10 N–H and O–H groups in total. The van der Waals surface area contributed by atoms with Gasteiger partial charge in [-0.25, -0.2) is 4.79 Å². The summed E-state index contributed by atoms with van der Waals surface area (Å²) in [5, 5.41) is 40.4. The highest BCUT2D eigenvalue weighted by molar-refractivity contribution is 5.96. The van der Waals surface area contributed by atoms with Crippen LogP contribution in [-0.2, 0) is 33.6 Å². The van der Waals surface area contributed by atoms with Crippen LogP contribution < -0.4 is 32.3 Å². The van der Waals surface area contributed by atoms with Gasteiger partial charge in [-0.2, -0.15) is 0 Å². The second kappa shape index (κ2) is 22.0. The molecule has 16 nitrogen and oxygen atoms in total. The average Bonchev–Trinajstić information content (AvgIpc) is 3.00. The van der Waals surface area contributed by atoms with E-state index in [0.29, 0.717) is 12.8 Å². The summed E-state index contributed by atoms with van der Waals surface area (Å²) in [6.07, 6.45) is 0.819. The molecule has 0 aromatic heterocycles. The number of hydrogen-bond acceptors (Lipinski definition) is 9. The maximum Gasteiger partial charge on any atom is 0.328 e. The van der Waals surface area contributed by atoms with Crippen LogP contribution in [0.2, 0.25) is 0 Å². The monoisotopic (exact) mass is 686 g/mol. The summed E-state index contributed by atoms with van der Waals surface area (Å²) >= 11 is 0. The summed E-state index contributed by atoms with van der Waals surface area (Å²) in [5.74, 6) is -7.06. The van der Waals surface area contributed by atoms with Gasteiger partial charge in [0.2, 0.25) is 29.5 Å². The lowest BCUT2D eigenvalue weighted by Gasteiger charge is -2.30.